The first-order valence-corrected chi connectivity index (χ1v) is 5.96. The van der Waals surface area contributed by atoms with E-state index < -0.39 is 5.66 Å². The molecule has 0 atom stereocenters. The average molecular weight is 238 g/mol. The molecular formula is C16H18N2. The Hall–Kier alpha value is -1.90. The summed E-state index contributed by atoms with van der Waals surface area (Å²) in [6.45, 7) is 4.04. The van der Waals surface area contributed by atoms with E-state index >= 15 is 0 Å². The molecular weight excluding hydrogens is 220 g/mol. The Morgan fingerprint density at radius 1 is 0.889 bits per heavy atom. The maximum Gasteiger partial charge on any atom is 0.0940 e. The molecule has 0 saturated carbocycles. The van der Waals surface area contributed by atoms with E-state index in [0.29, 0.717) is 6.42 Å². The summed E-state index contributed by atoms with van der Waals surface area (Å²) in [5.74, 6) is 0. The molecule has 4 N–H and O–H groups in total. The largest absolute Gasteiger partial charge is 0.309 e. The minimum absolute atomic E-state index is 0.571. The van der Waals surface area contributed by atoms with Gasteiger partial charge >= 0.3 is 0 Å². The molecule has 0 aliphatic carbocycles. The Kier molecular flexibility index (Phi) is 3.60. The van der Waals surface area contributed by atoms with Gasteiger partial charge in [0.1, 0.15) is 0 Å². The van der Waals surface area contributed by atoms with Crippen LogP contribution in [0.3, 0.4) is 0 Å². The molecule has 2 heteroatoms. The van der Waals surface area contributed by atoms with Crippen LogP contribution < -0.4 is 11.5 Å². The molecule has 18 heavy (non-hydrogen) atoms. The zero-order valence-electron chi connectivity index (χ0n) is 10.3. The fraction of sp³-hybridized carbons (Fsp3) is 0.125. The highest BCUT2D eigenvalue weighted by atomic mass is 15.0. The van der Waals surface area contributed by atoms with Crippen LogP contribution in [0, 0.1) is 0 Å². The van der Waals surface area contributed by atoms with E-state index in [1.807, 2.05) is 60.7 Å². The summed E-state index contributed by atoms with van der Waals surface area (Å²) in [5, 5.41) is 0. The third-order valence-corrected chi connectivity index (χ3v) is 3.02. The Labute approximate surface area is 108 Å². The van der Waals surface area contributed by atoms with Gasteiger partial charge in [0.05, 0.1) is 5.66 Å². The highest BCUT2D eigenvalue weighted by molar-refractivity contribution is 5.70. The third kappa shape index (κ3) is 2.86. The van der Waals surface area contributed by atoms with Gasteiger partial charge in [0.25, 0.3) is 0 Å². The molecule has 2 nitrogen and oxygen atoms in total. The standard InChI is InChI=1S/C16H18N2/c1-13(15-10-6-3-7-11-15)16(17,18)12-14-8-4-2-5-9-14/h2-11H,1,12,17-18H2. The van der Waals surface area contributed by atoms with Crippen molar-refractivity contribution in [2.24, 2.45) is 11.5 Å². The predicted octanol–water partition coefficient (Wildman–Crippen LogP) is 2.56. The fourth-order valence-electron chi connectivity index (χ4n) is 1.95. The first-order chi connectivity index (χ1) is 8.59. The van der Waals surface area contributed by atoms with E-state index in [-0.39, 0.29) is 0 Å². The summed E-state index contributed by atoms with van der Waals surface area (Å²) in [6, 6.07) is 19.8. The molecule has 0 spiro atoms. The lowest BCUT2D eigenvalue weighted by atomic mass is 9.90. The van der Waals surface area contributed by atoms with E-state index in [9.17, 15) is 0 Å². The van der Waals surface area contributed by atoms with Crippen LogP contribution in [0.1, 0.15) is 11.1 Å². The van der Waals surface area contributed by atoms with E-state index in [0.717, 1.165) is 16.7 Å². The SMILES string of the molecule is C=C(c1ccccc1)C(N)(N)Cc1ccccc1. The highest BCUT2D eigenvalue weighted by Gasteiger charge is 2.24. The number of benzene rings is 2. The Morgan fingerprint density at radius 3 is 1.94 bits per heavy atom. The van der Waals surface area contributed by atoms with Gasteiger partial charge in [-0.15, -0.1) is 0 Å². The van der Waals surface area contributed by atoms with Gasteiger partial charge in [-0.3, -0.25) is 0 Å². The number of hydrogen-bond donors (Lipinski definition) is 2. The number of nitrogens with two attached hydrogens (primary N) is 2. The number of hydrogen-bond acceptors (Lipinski definition) is 2. The van der Waals surface area contributed by atoms with Crippen molar-refractivity contribution in [1.82, 2.24) is 0 Å². The molecule has 0 fully saturated rings. The summed E-state index contributed by atoms with van der Waals surface area (Å²) < 4.78 is 0. The summed E-state index contributed by atoms with van der Waals surface area (Å²) in [6.07, 6.45) is 0.571. The smallest absolute Gasteiger partial charge is 0.0940 e. The monoisotopic (exact) mass is 238 g/mol. The van der Waals surface area contributed by atoms with E-state index in [1.54, 1.807) is 0 Å². The molecule has 0 saturated heterocycles. The van der Waals surface area contributed by atoms with Crippen molar-refractivity contribution in [3.63, 3.8) is 0 Å². The van der Waals surface area contributed by atoms with E-state index in [2.05, 4.69) is 6.58 Å². The van der Waals surface area contributed by atoms with Gasteiger partial charge in [0.2, 0.25) is 0 Å². The van der Waals surface area contributed by atoms with Crippen molar-refractivity contribution in [2.75, 3.05) is 0 Å². The first kappa shape index (κ1) is 12.6. The molecule has 0 bridgehead atoms. The van der Waals surface area contributed by atoms with Crippen molar-refractivity contribution < 1.29 is 0 Å². The van der Waals surface area contributed by atoms with Crippen LogP contribution >= 0.6 is 0 Å². The average Bonchev–Trinajstić information content (AvgIpc) is 2.39. The van der Waals surface area contributed by atoms with Crippen molar-refractivity contribution >= 4 is 5.57 Å². The maximum atomic E-state index is 6.20. The Bertz CT molecular complexity index is 515. The second-order valence-electron chi connectivity index (χ2n) is 4.55. The molecule has 0 radical (unpaired) electrons. The molecule has 92 valence electrons. The molecule has 0 aliphatic rings. The van der Waals surface area contributed by atoms with Gasteiger partial charge < -0.3 is 11.5 Å². The van der Waals surface area contributed by atoms with Crippen molar-refractivity contribution in [1.29, 1.82) is 0 Å². The Morgan fingerprint density at radius 2 is 1.39 bits per heavy atom. The van der Waals surface area contributed by atoms with Crippen LogP contribution in [0.25, 0.3) is 5.57 Å². The van der Waals surface area contributed by atoms with Crippen LogP contribution in [-0.2, 0) is 6.42 Å². The number of rotatable bonds is 4. The summed E-state index contributed by atoms with van der Waals surface area (Å²) in [5.41, 5.74) is 14.3. The van der Waals surface area contributed by atoms with Crippen molar-refractivity contribution in [3.05, 3.63) is 78.4 Å². The lowest BCUT2D eigenvalue weighted by Crippen LogP contribution is -2.52. The van der Waals surface area contributed by atoms with Crippen molar-refractivity contribution in [3.8, 4) is 0 Å². The fourth-order valence-corrected chi connectivity index (χ4v) is 1.95. The molecule has 0 heterocycles. The minimum Gasteiger partial charge on any atom is -0.309 e. The second kappa shape index (κ2) is 5.17. The van der Waals surface area contributed by atoms with Crippen LogP contribution in [0.2, 0.25) is 0 Å². The summed E-state index contributed by atoms with van der Waals surface area (Å²) >= 11 is 0. The van der Waals surface area contributed by atoms with Gasteiger partial charge in [-0.05, 0) is 16.7 Å². The summed E-state index contributed by atoms with van der Waals surface area (Å²) in [7, 11) is 0. The lowest BCUT2D eigenvalue weighted by molar-refractivity contribution is 0.570. The van der Waals surface area contributed by atoms with E-state index in [4.69, 9.17) is 11.5 Å². The maximum absolute atomic E-state index is 6.20. The molecule has 0 amide bonds. The van der Waals surface area contributed by atoms with Gasteiger partial charge in [-0.1, -0.05) is 67.2 Å². The van der Waals surface area contributed by atoms with Crippen LogP contribution in [0.15, 0.2) is 67.2 Å². The first-order valence-electron chi connectivity index (χ1n) is 5.96. The molecule has 2 rings (SSSR count). The van der Waals surface area contributed by atoms with E-state index in [1.165, 1.54) is 0 Å². The van der Waals surface area contributed by atoms with Gasteiger partial charge in [-0.25, -0.2) is 0 Å². The second-order valence-corrected chi connectivity index (χ2v) is 4.55. The molecule has 0 unspecified atom stereocenters. The minimum atomic E-state index is -0.928. The van der Waals surface area contributed by atoms with Gasteiger partial charge in [-0.2, -0.15) is 0 Å². The Balaban J connectivity index is 2.19. The predicted molar refractivity (Wildman–Crippen MR) is 76.7 cm³/mol. The molecule has 0 aliphatic heterocycles. The lowest BCUT2D eigenvalue weighted by Gasteiger charge is -2.27. The zero-order valence-corrected chi connectivity index (χ0v) is 10.3. The van der Waals surface area contributed by atoms with Crippen LogP contribution in [0.5, 0.6) is 0 Å². The van der Waals surface area contributed by atoms with Crippen molar-refractivity contribution in [2.45, 2.75) is 12.1 Å². The zero-order chi connectivity index (χ0) is 13.0. The molecule has 2 aromatic carbocycles. The van der Waals surface area contributed by atoms with Gasteiger partial charge in [0.15, 0.2) is 0 Å². The van der Waals surface area contributed by atoms with Crippen LogP contribution in [-0.4, -0.2) is 5.66 Å². The quantitative estimate of drug-likeness (QED) is 0.804. The third-order valence-electron chi connectivity index (χ3n) is 3.02. The van der Waals surface area contributed by atoms with Gasteiger partial charge in [0, 0.05) is 6.42 Å². The molecule has 0 aromatic heterocycles. The van der Waals surface area contributed by atoms with Crippen LogP contribution in [0.4, 0.5) is 0 Å². The highest BCUT2D eigenvalue weighted by Crippen LogP contribution is 2.22. The molecule has 2 aromatic rings. The normalized spacial score (nSPS) is 11.2. The topological polar surface area (TPSA) is 52.0 Å². The summed E-state index contributed by atoms with van der Waals surface area (Å²) in [4.78, 5) is 0.